The molecule has 0 aliphatic carbocycles. The summed E-state index contributed by atoms with van der Waals surface area (Å²) >= 11 is 7.42. The minimum absolute atomic E-state index is 0.159. The Balaban J connectivity index is 1.50. The molecule has 2 aromatic carbocycles. The number of thiazole rings is 1. The molecule has 2 amide bonds. The molecule has 28 heavy (non-hydrogen) atoms. The number of nitrogens with zero attached hydrogens (tertiary/aromatic N) is 2. The molecule has 0 fully saturated rings. The van der Waals surface area contributed by atoms with Crippen LogP contribution in [0.5, 0.6) is 0 Å². The minimum Gasteiger partial charge on any atom is -0.366 e. The van der Waals surface area contributed by atoms with Gasteiger partial charge in [-0.2, -0.15) is 0 Å². The van der Waals surface area contributed by atoms with Crippen LogP contribution in [0.15, 0.2) is 60.1 Å². The lowest BCUT2D eigenvalue weighted by molar-refractivity contribution is -0.115. The Bertz CT molecular complexity index is 1160. The molecule has 3 N–H and O–H groups in total. The van der Waals surface area contributed by atoms with Crippen LogP contribution in [0.3, 0.4) is 0 Å². The molecule has 140 valence electrons. The number of amides is 2. The maximum absolute atomic E-state index is 12.4. The van der Waals surface area contributed by atoms with Crippen LogP contribution in [0.2, 0.25) is 5.02 Å². The number of hydrogen-bond donors (Lipinski definition) is 2. The highest BCUT2D eigenvalue weighted by molar-refractivity contribution is 7.15. The number of carbonyl (C=O) groups excluding carboxylic acids is 2. The standard InChI is InChI=1S/C20H15ClN4O2S/c21-14-5-1-12(2-6-14)17-10-25-16(11-28-20(25)24-17)9-18(26)23-15-7-3-13(4-8-15)19(22)27/h1-8,10-11H,9H2,(H2,22,27)(H,23,26). The van der Waals surface area contributed by atoms with Gasteiger partial charge >= 0.3 is 0 Å². The van der Waals surface area contributed by atoms with E-state index in [9.17, 15) is 9.59 Å². The molecular weight excluding hydrogens is 396 g/mol. The molecule has 0 bridgehead atoms. The van der Waals surface area contributed by atoms with Gasteiger partial charge in [-0.25, -0.2) is 4.98 Å². The summed E-state index contributed by atoms with van der Waals surface area (Å²) in [6.45, 7) is 0. The number of imidazole rings is 1. The van der Waals surface area contributed by atoms with Gasteiger partial charge in [-0.15, -0.1) is 11.3 Å². The Morgan fingerprint density at radius 2 is 1.82 bits per heavy atom. The zero-order chi connectivity index (χ0) is 19.7. The molecule has 0 aliphatic rings. The van der Waals surface area contributed by atoms with Gasteiger partial charge < -0.3 is 11.1 Å². The van der Waals surface area contributed by atoms with Crippen molar-refractivity contribution in [2.45, 2.75) is 6.42 Å². The van der Waals surface area contributed by atoms with E-state index in [1.54, 1.807) is 24.3 Å². The van der Waals surface area contributed by atoms with Gasteiger partial charge in [0.2, 0.25) is 11.8 Å². The second kappa shape index (κ2) is 7.46. The molecule has 2 aromatic heterocycles. The monoisotopic (exact) mass is 410 g/mol. The second-order valence-corrected chi connectivity index (χ2v) is 7.45. The van der Waals surface area contributed by atoms with Crippen LogP contribution in [-0.2, 0) is 11.2 Å². The number of carbonyl (C=O) groups is 2. The largest absolute Gasteiger partial charge is 0.366 e. The maximum Gasteiger partial charge on any atom is 0.248 e. The summed E-state index contributed by atoms with van der Waals surface area (Å²) in [6.07, 6.45) is 2.12. The number of hydrogen-bond acceptors (Lipinski definition) is 4. The minimum atomic E-state index is -0.504. The highest BCUT2D eigenvalue weighted by Gasteiger charge is 2.13. The highest BCUT2D eigenvalue weighted by atomic mass is 35.5. The lowest BCUT2D eigenvalue weighted by atomic mass is 10.2. The lowest BCUT2D eigenvalue weighted by Crippen LogP contribution is -2.16. The van der Waals surface area contributed by atoms with Crippen molar-refractivity contribution in [2.24, 2.45) is 5.73 Å². The van der Waals surface area contributed by atoms with Crippen molar-refractivity contribution < 1.29 is 9.59 Å². The lowest BCUT2D eigenvalue weighted by Gasteiger charge is -2.05. The molecule has 0 radical (unpaired) electrons. The van der Waals surface area contributed by atoms with Crippen LogP contribution in [0.25, 0.3) is 16.2 Å². The van der Waals surface area contributed by atoms with Crippen LogP contribution < -0.4 is 11.1 Å². The molecule has 0 aliphatic heterocycles. The zero-order valence-electron chi connectivity index (χ0n) is 14.6. The fourth-order valence-corrected chi connectivity index (χ4v) is 3.80. The number of fused-ring (bicyclic) bond motifs is 1. The van der Waals surface area contributed by atoms with E-state index in [0.717, 1.165) is 21.9 Å². The quantitative estimate of drug-likeness (QED) is 0.521. The first-order valence-electron chi connectivity index (χ1n) is 8.41. The maximum atomic E-state index is 12.4. The van der Waals surface area contributed by atoms with Gasteiger partial charge in [0.25, 0.3) is 0 Å². The molecule has 4 rings (SSSR count). The summed E-state index contributed by atoms with van der Waals surface area (Å²) in [5.74, 6) is -0.664. The van der Waals surface area contributed by atoms with Gasteiger partial charge in [0, 0.05) is 39.1 Å². The molecular formula is C20H15ClN4O2S. The van der Waals surface area contributed by atoms with E-state index in [1.807, 2.05) is 40.2 Å². The van der Waals surface area contributed by atoms with E-state index < -0.39 is 5.91 Å². The fraction of sp³-hybridized carbons (Fsp3) is 0.0500. The average Bonchev–Trinajstić information content (AvgIpc) is 3.25. The van der Waals surface area contributed by atoms with Crippen molar-refractivity contribution in [2.75, 3.05) is 5.32 Å². The first-order chi connectivity index (χ1) is 13.5. The molecule has 6 nitrogen and oxygen atoms in total. The molecule has 2 heterocycles. The summed E-state index contributed by atoms with van der Waals surface area (Å²) in [6, 6.07) is 13.9. The zero-order valence-corrected chi connectivity index (χ0v) is 16.1. The fourth-order valence-electron chi connectivity index (χ4n) is 2.80. The van der Waals surface area contributed by atoms with Gasteiger partial charge in [-0.05, 0) is 36.4 Å². The Kier molecular flexibility index (Phi) is 4.85. The first kappa shape index (κ1) is 18.2. The summed E-state index contributed by atoms with van der Waals surface area (Å²) in [4.78, 5) is 29.0. The van der Waals surface area contributed by atoms with E-state index in [2.05, 4.69) is 10.3 Å². The Labute approximate surface area is 169 Å². The van der Waals surface area contributed by atoms with Crippen molar-refractivity contribution in [1.29, 1.82) is 0 Å². The van der Waals surface area contributed by atoms with E-state index in [1.165, 1.54) is 11.3 Å². The van der Waals surface area contributed by atoms with E-state index >= 15 is 0 Å². The molecule has 0 unspecified atom stereocenters. The van der Waals surface area contributed by atoms with Gasteiger partial charge in [0.1, 0.15) is 0 Å². The van der Waals surface area contributed by atoms with Gasteiger partial charge in [0.05, 0.1) is 12.1 Å². The third-order valence-electron chi connectivity index (χ3n) is 4.22. The van der Waals surface area contributed by atoms with Crippen LogP contribution in [0.4, 0.5) is 5.69 Å². The third kappa shape index (κ3) is 3.76. The Morgan fingerprint density at radius 3 is 2.50 bits per heavy atom. The number of anilines is 1. The number of aromatic nitrogens is 2. The van der Waals surface area contributed by atoms with E-state index in [0.29, 0.717) is 16.3 Å². The second-order valence-electron chi connectivity index (χ2n) is 6.18. The number of rotatable bonds is 5. The topological polar surface area (TPSA) is 89.5 Å². The number of nitrogens with two attached hydrogens (primary N) is 1. The van der Waals surface area contributed by atoms with Gasteiger partial charge in [0.15, 0.2) is 4.96 Å². The number of nitrogens with one attached hydrogen (secondary N) is 1. The summed E-state index contributed by atoms with van der Waals surface area (Å²) in [5.41, 5.74) is 8.85. The summed E-state index contributed by atoms with van der Waals surface area (Å²) in [7, 11) is 0. The first-order valence-corrected chi connectivity index (χ1v) is 9.66. The SMILES string of the molecule is NC(=O)c1ccc(NC(=O)Cc2csc3nc(-c4ccc(Cl)cc4)cn23)cc1. The average molecular weight is 411 g/mol. The third-order valence-corrected chi connectivity index (χ3v) is 5.36. The predicted octanol–water partition coefficient (Wildman–Crippen LogP) is 4.00. The van der Waals surface area contributed by atoms with Crippen LogP contribution in [-0.4, -0.2) is 21.2 Å². The van der Waals surface area contributed by atoms with Crippen molar-refractivity contribution >= 4 is 45.4 Å². The van der Waals surface area contributed by atoms with Gasteiger partial charge in [-0.3, -0.25) is 14.0 Å². The molecule has 0 saturated carbocycles. The van der Waals surface area contributed by atoms with Gasteiger partial charge in [-0.1, -0.05) is 23.7 Å². The molecule has 0 atom stereocenters. The van der Waals surface area contributed by atoms with E-state index in [-0.39, 0.29) is 12.3 Å². The van der Waals surface area contributed by atoms with E-state index in [4.69, 9.17) is 17.3 Å². The van der Waals surface area contributed by atoms with Crippen LogP contribution in [0.1, 0.15) is 16.1 Å². The number of primary amides is 1. The predicted molar refractivity (Wildman–Crippen MR) is 111 cm³/mol. The molecule has 4 aromatic rings. The Hall–Kier alpha value is -3.16. The normalized spacial score (nSPS) is 10.9. The Morgan fingerprint density at radius 1 is 1.11 bits per heavy atom. The van der Waals surface area contributed by atoms with Crippen molar-refractivity contribution in [1.82, 2.24) is 9.38 Å². The van der Waals surface area contributed by atoms with Crippen molar-refractivity contribution in [3.05, 3.63) is 76.4 Å². The molecule has 0 saturated heterocycles. The number of halogens is 1. The smallest absolute Gasteiger partial charge is 0.248 e. The van der Waals surface area contributed by atoms with Crippen molar-refractivity contribution in [3.63, 3.8) is 0 Å². The van der Waals surface area contributed by atoms with Crippen LogP contribution >= 0.6 is 22.9 Å². The summed E-state index contributed by atoms with van der Waals surface area (Å²) < 4.78 is 1.92. The number of benzene rings is 2. The van der Waals surface area contributed by atoms with Crippen molar-refractivity contribution in [3.8, 4) is 11.3 Å². The highest BCUT2D eigenvalue weighted by Crippen LogP contribution is 2.25. The molecule has 0 spiro atoms. The van der Waals surface area contributed by atoms with Crippen LogP contribution in [0, 0.1) is 0 Å². The summed E-state index contributed by atoms with van der Waals surface area (Å²) in [5, 5.41) is 5.41. The molecule has 8 heteroatoms.